The fraction of sp³-hybridized carbons (Fsp3) is 0.250. The molecule has 1 atom stereocenters. The van der Waals surface area contributed by atoms with Crippen molar-refractivity contribution in [3.05, 3.63) is 40.9 Å². The quantitative estimate of drug-likeness (QED) is 0.778. The Kier molecular flexibility index (Phi) is 4.88. The summed E-state index contributed by atoms with van der Waals surface area (Å²) in [6, 6.07) is 3.75. The normalized spacial score (nSPS) is 12.4. The van der Waals surface area contributed by atoms with Gasteiger partial charge in [-0.1, -0.05) is 17.7 Å². The number of benzene rings is 1. The lowest BCUT2D eigenvalue weighted by molar-refractivity contribution is 0.137. The molecule has 4 N–H and O–H groups in total. The van der Waals surface area contributed by atoms with Crippen molar-refractivity contribution in [2.24, 2.45) is 5.73 Å². The number of hydrogen-bond donors (Lipinski definition) is 3. The maximum atomic E-state index is 12.9. The summed E-state index contributed by atoms with van der Waals surface area (Å²) in [4.78, 5) is 14.2. The van der Waals surface area contributed by atoms with Crippen LogP contribution in [0.1, 0.15) is 23.9 Å². The second-order valence-electron chi connectivity index (χ2n) is 4.28. The Morgan fingerprint density at radius 1 is 1.50 bits per heavy atom. The van der Waals surface area contributed by atoms with Gasteiger partial charge in [-0.15, -0.1) is 0 Å². The number of alkyl halides is 2. The first-order chi connectivity index (χ1) is 10.4. The number of amides is 1. The summed E-state index contributed by atoms with van der Waals surface area (Å²) >= 11 is 6.02. The van der Waals surface area contributed by atoms with Crippen LogP contribution < -0.4 is 11.1 Å². The van der Waals surface area contributed by atoms with Crippen molar-refractivity contribution in [3.8, 4) is 5.69 Å². The van der Waals surface area contributed by atoms with Crippen LogP contribution in [0.4, 0.5) is 13.6 Å². The SMILES string of the molecule is NCC(NC(=O)O)c1ccc(Cl)c(-n2ncnc2C(F)F)c1. The number of rotatable bonds is 5. The summed E-state index contributed by atoms with van der Waals surface area (Å²) in [6.45, 7) is -0.00751. The molecule has 0 fully saturated rings. The highest BCUT2D eigenvalue weighted by atomic mass is 35.5. The fourth-order valence-corrected chi connectivity index (χ4v) is 2.12. The van der Waals surface area contributed by atoms with Crippen molar-refractivity contribution in [3.63, 3.8) is 0 Å². The molecule has 7 nitrogen and oxygen atoms in total. The van der Waals surface area contributed by atoms with Crippen molar-refractivity contribution in [2.45, 2.75) is 12.5 Å². The average molecular weight is 332 g/mol. The lowest BCUT2D eigenvalue weighted by atomic mass is 10.1. The minimum absolute atomic E-state index is 0.00751. The van der Waals surface area contributed by atoms with E-state index in [9.17, 15) is 13.6 Å². The Morgan fingerprint density at radius 2 is 2.23 bits per heavy atom. The van der Waals surface area contributed by atoms with Crippen LogP contribution in [0, 0.1) is 0 Å². The Hall–Kier alpha value is -2.26. The number of aromatic nitrogens is 3. The molecule has 1 amide bonds. The van der Waals surface area contributed by atoms with E-state index in [4.69, 9.17) is 22.4 Å². The van der Waals surface area contributed by atoms with Gasteiger partial charge in [-0.25, -0.2) is 23.2 Å². The molecule has 1 unspecified atom stereocenters. The van der Waals surface area contributed by atoms with Crippen LogP contribution in [0.3, 0.4) is 0 Å². The first kappa shape index (κ1) is 16.1. The summed E-state index contributed by atoms with van der Waals surface area (Å²) in [7, 11) is 0. The molecule has 0 bridgehead atoms. The number of nitrogens with one attached hydrogen (secondary N) is 1. The van der Waals surface area contributed by atoms with Crippen LogP contribution in [0.2, 0.25) is 5.02 Å². The van der Waals surface area contributed by atoms with Gasteiger partial charge in [0.05, 0.1) is 16.8 Å². The largest absolute Gasteiger partial charge is 0.465 e. The molecule has 10 heteroatoms. The summed E-state index contributed by atoms with van der Waals surface area (Å²) in [6.07, 6.45) is -3.09. The van der Waals surface area contributed by atoms with Crippen molar-refractivity contribution in [1.82, 2.24) is 20.1 Å². The molecule has 0 saturated heterocycles. The Labute approximate surface area is 128 Å². The van der Waals surface area contributed by atoms with E-state index in [-0.39, 0.29) is 17.3 Å². The highest BCUT2D eigenvalue weighted by molar-refractivity contribution is 6.32. The maximum Gasteiger partial charge on any atom is 0.405 e. The lowest BCUT2D eigenvalue weighted by Gasteiger charge is -2.17. The van der Waals surface area contributed by atoms with Gasteiger partial charge in [0.15, 0.2) is 5.82 Å². The van der Waals surface area contributed by atoms with E-state index in [1.165, 1.54) is 12.1 Å². The molecule has 0 aliphatic carbocycles. The van der Waals surface area contributed by atoms with E-state index in [0.29, 0.717) is 5.56 Å². The van der Waals surface area contributed by atoms with Crippen molar-refractivity contribution in [2.75, 3.05) is 6.54 Å². The minimum Gasteiger partial charge on any atom is -0.465 e. The summed E-state index contributed by atoms with van der Waals surface area (Å²) in [5.41, 5.74) is 6.16. The van der Waals surface area contributed by atoms with Crippen LogP contribution in [-0.4, -0.2) is 32.5 Å². The number of halogens is 3. The van der Waals surface area contributed by atoms with Gasteiger partial charge in [-0.05, 0) is 17.7 Å². The topological polar surface area (TPSA) is 106 Å². The van der Waals surface area contributed by atoms with Crippen LogP contribution >= 0.6 is 11.6 Å². The molecule has 2 aromatic rings. The zero-order valence-corrected chi connectivity index (χ0v) is 11.8. The summed E-state index contributed by atoms with van der Waals surface area (Å²) < 4.78 is 26.7. The number of nitrogens with two attached hydrogens (primary N) is 1. The molecule has 1 aromatic heterocycles. The van der Waals surface area contributed by atoms with Gasteiger partial charge >= 0.3 is 6.09 Å². The van der Waals surface area contributed by atoms with Crippen LogP contribution in [0.25, 0.3) is 5.69 Å². The molecular formula is C12H12ClF2N5O2. The van der Waals surface area contributed by atoms with Gasteiger partial charge in [0, 0.05) is 6.54 Å². The zero-order valence-electron chi connectivity index (χ0n) is 11.1. The molecule has 0 radical (unpaired) electrons. The number of carboxylic acid groups (broad SMARTS) is 1. The predicted molar refractivity (Wildman–Crippen MR) is 74.3 cm³/mol. The summed E-state index contributed by atoms with van der Waals surface area (Å²) in [5.74, 6) is -0.561. The monoisotopic (exact) mass is 331 g/mol. The second kappa shape index (κ2) is 6.67. The smallest absolute Gasteiger partial charge is 0.405 e. The van der Waals surface area contributed by atoms with Gasteiger partial charge in [0.25, 0.3) is 6.43 Å². The van der Waals surface area contributed by atoms with Crippen LogP contribution in [0.15, 0.2) is 24.5 Å². The zero-order chi connectivity index (χ0) is 16.3. The van der Waals surface area contributed by atoms with E-state index < -0.39 is 24.4 Å². The number of nitrogens with zero attached hydrogens (tertiary/aromatic N) is 3. The predicted octanol–water partition coefficient (Wildman–Crippen LogP) is 2.13. The third-order valence-corrected chi connectivity index (χ3v) is 3.22. The standard InChI is InChI=1S/C12H12ClF2N5O2/c13-7-2-1-6(8(4-16)19-12(21)22)3-9(7)20-11(10(14)15)17-5-18-20/h1-3,5,8,10,19H,4,16H2,(H,21,22). The van der Waals surface area contributed by atoms with Crippen molar-refractivity contribution < 1.29 is 18.7 Å². The maximum absolute atomic E-state index is 12.9. The molecule has 1 heterocycles. The number of hydrogen-bond acceptors (Lipinski definition) is 4. The molecule has 0 spiro atoms. The molecule has 1 aromatic carbocycles. The van der Waals surface area contributed by atoms with E-state index in [1.807, 2.05) is 0 Å². The van der Waals surface area contributed by atoms with Gasteiger partial charge < -0.3 is 16.2 Å². The van der Waals surface area contributed by atoms with Gasteiger partial charge in [0.1, 0.15) is 6.33 Å². The lowest BCUT2D eigenvalue weighted by Crippen LogP contribution is -2.32. The molecule has 22 heavy (non-hydrogen) atoms. The molecule has 0 saturated carbocycles. The third kappa shape index (κ3) is 3.31. The Morgan fingerprint density at radius 3 is 2.82 bits per heavy atom. The molecule has 0 aliphatic heterocycles. The molecular weight excluding hydrogens is 320 g/mol. The molecule has 0 aliphatic rings. The highest BCUT2D eigenvalue weighted by Crippen LogP contribution is 2.27. The second-order valence-corrected chi connectivity index (χ2v) is 4.69. The molecule has 118 valence electrons. The van der Waals surface area contributed by atoms with Crippen molar-refractivity contribution >= 4 is 17.7 Å². The minimum atomic E-state index is -2.83. The molecule has 2 rings (SSSR count). The Bertz CT molecular complexity index is 679. The third-order valence-electron chi connectivity index (χ3n) is 2.90. The van der Waals surface area contributed by atoms with E-state index >= 15 is 0 Å². The van der Waals surface area contributed by atoms with E-state index in [1.54, 1.807) is 6.07 Å². The van der Waals surface area contributed by atoms with Crippen LogP contribution in [-0.2, 0) is 0 Å². The van der Waals surface area contributed by atoms with Gasteiger partial charge in [-0.3, -0.25) is 0 Å². The number of carbonyl (C=O) groups is 1. The van der Waals surface area contributed by atoms with Crippen molar-refractivity contribution in [1.29, 1.82) is 0 Å². The first-order valence-electron chi connectivity index (χ1n) is 6.11. The van der Waals surface area contributed by atoms with Gasteiger partial charge in [-0.2, -0.15) is 5.10 Å². The van der Waals surface area contributed by atoms with Crippen LogP contribution in [0.5, 0.6) is 0 Å². The average Bonchev–Trinajstić information content (AvgIpc) is 2.94. The van der Waals surface area contributed by atoms with Gasteiger partial charge in [0.2, 0.25) is 0 Å². The first-order valence-corrected chi connectivity index (χ1v) is 6.49. The summed E-state index contributed by atoms with van der Waals surface area (Å²) in [5, 5.41) is 14.9. The Balaban J connectivity index is 2.46. The van der Waals surface area contributed by atoms with E-state index in [2.05, 4.69) is 15.4 Å². The highest BCUT2D eigenvalue weighted by Gasteiger charge is 2.20. The van der Waals surface area contributed by atoms with E-state index in [0.717, 1.165) is 11.0 Å². The fourth-order valence-electron chi connectivity index (χ4n) is 1.92.